The predicted molar refractivity (Wildman–Crippen MR) is 192 cm³/mol. The Hall–Kier alpha value is 2.21. The molecule has 0 spiro atoms. The molecule has 0 aliphatic rings. The third-order valence-electron chi connectivity index (χ3n) is 9.06. The molecule has 0 amide bonds. The van der Waals surface area contributed by atoms with Gasteiger partial charge < -0.3 is 12.3 Å². The van der Waals surface area contributed by atoms with Gasteiger partial charge in [0, 0.05) is 0 Å². The monoisotopic (exact) mass is 703 g/mol. The van der Waals surface area contributed by atoms with E-state index in [1.54, 1.807) is 0 Å². The van der Waals surface area contributed by atoms with Crippen LogP contribution in [0.1, 0.15) is 235 Å². The summed E-state index contributed by atoms with van der Waals surface area (Å²) in [6.45, 7) is 5.52. The third-order valence-corrected chi connectivity index (χ3v) is 9.06. The summed E-state index contributed by atoms with van der Waals surface area (Å²) in [6.07, 6.45) is 42.9. The van der Waals surface area contributed by atoms with E-state index in [1.165, 1.54) is 180 Å². The van der Waals surface area contributed by atoms with Gasteiger partial charge in [-0.1, -0.05) is 206 Å². The Balaban J connectivity index is -0.00000154. The van der Waals surface area contributed by atoms with E-state index in [1.807, 2.05) is 0 Å². The van der Waals surface area contributed by atoms with Crippen LogP contribution in [0.25, 0.3) is 0 Å². The molecule has 0 aliphatic carbocycles. The minimum atomic E-state index is -0.273. The molecule has 0 radical (unpaired) electrons. The fourth-order valence-corrected chi connectivity index (χ4v) is 6.02. The summed E-state index contributed by atoms with van der Waals surface area (Å²) in [7, 11) is 0. The Labute approximate surface area is 376 Å². The van der Waals surface area contributed by atoms with Gasteiger partial charge in [-0.05, 0) is 12.8 Å². The van der Waals surface area contributed by atoms with Crippen LogP contribution in [-0.2, 0) is 19.1 Å². The SMILES string of the molecule is CCCCCCCCCCCCCCCCCCOC(=O)CCC(=O)OCCCCCCCCCCCCCCCCCC.[H-].[H-].[K+].[K+]. The van der Waals surface area contributed by atoms with Crippen LogP contribution < -0.4 is 103 Å². The molecule has 0 fully saturated rings. The Bertz CT molecular complexity index is 550. The van der Waals surface area contributed by atoms with Crippen LogP contribution in [0.15, 0.2) is 0 Å². The summed E-state index contributed by atoms with van der Waals surface area (Å²) in [6, 6.07) is 0. The van der Waals surface area contributed by atoms with Gasteiger partial charge in [-0.25, -0.2) is 0 Å². The van der Waals surface area contributed by atoms with Gasteiger partial charge in [0.25, 0.3) is 0 Å². The number of ether oxygens (including phenoxy) is 2. The minimum absolute atomic E-state index is 0. The van der Waals surface area contributed by atoms with Gasteiger partial charge >= 0.3 is 115 Å². The number of hydrogen-bond donors (Lipinski definition) is 0. The third kappa shape index (κ3) is 46.2. The first kappa shape index (κ1) is 52.6. The Morgan fingerprint density at radius 2 is 0.500 bits per heavy atom. The van der Waals surface area contributed by atoms with Crippen LogP contribution in [0.2, 0.25) is 0 Å². The van der Waals surface area contributed by atoms with E-state index in [2.05, 4.69) is 13.8 Å². The molecule has 0 unspecified atom stereocenters. The molecular formula is C40H80K2O4. The Morgan fingerprint density at radius 1 is 0.326 bits per heavy atom. The molecule has 266 valence electrons. The molecule has 0 bridgehead atoms. The molecule has 0 aromatic carbocycles. The first-order valence-electron chi connectivity index (χ1n) is 20.0. The maximum Gasteiger partial charge on any atom is 1.00 e. The molecule has 0 N–H and O–H groups in total. The Morgan fingerprint density at radius 3 is 0.696 bits per heavy atom. The smallest absolute Gasteiger partial charge is 1.00 e. The molecule has 0 heterocycles. The van der Waals surface area contributed by atoms with Gasteiger partial charge in [0.05, 0.1) is 26.1 Å². The van der Waals surface area contributed by atoms with Crippen LogP contribution in [0.3, 0.4) is 0 Å². The van der Waals surface area contributed by atoms with Gasteiger partial charge in [-0.2, -0.15) is 0 Å². The van der Waals surface area contributed by atoms with Crippen molar-refractivity contribution in [2.24, 2.45) is 0 Å². The van der Waals surface area contributed by atoms with Crippen LogP contribution >= 0.6 is 0 Å². The molecule has 0 saturated heterocycles. The van der Waals surface area contributed by atoms with E-state index in [9.17, 15) is 9.59 Å². The second-order valence-corrected chi connectivity index (χ2v) is 13.5. The summed E-state index contributed by atoms with van der Waals surface area (Å²) in [5.74, 6) is -0.546. The number of rotatable bonds is 37. The fraction of sp³-hybridized carbons (Fsp3) is 0.950. The van der Waals surface area contributed by atoms with Crippen LogP contribution in [-0.4, -0.2) is 25.2 Å². The number of carbonyl (C=O) groups excluding carboxylic acids is 2. The number of esters is 2. The standard InChI is InChI=1S/C40H78O4.2K.2H/c1-3-5-7-9-11-13-15-17-19-21-23-25-27-29-31-33-37-43-39(41)35-36-40(42)44-38-34-32-30-28-26-24-22-20-18-16-14-12-10-8-6-4-2;;;;/h3-38H2,1-2H3;;;;/q;2*+1;2*-1. The summed E-state index contributed by atoms with van der Waals surface area (Å²) in [5.41, 5.74) is 0. The quantitative estimate of drug-likeness (QED) is 0.0380. The van der Waals surface area contributed by atoms with Gasteiger partial charge in [-0.15, -0.1) is 0 Å². The molecule has 6 heteroatoms. The van der Waals surface area contributed by atoms with Crippen LogP contribution in [0.4, 0.5) is 0 Å². The molecule has 0 aliphatic heterocycles. The molecule has 0 rings (SSSR count). The molecule has 46 heavy (non-hydrogen) atoms. The van der Waals surface area contributed by atoms with Crippen molar-refractivity contribution in [1.82, 2.24) is 0 Å². The van der Waals surface area contributed by atoms with E-state index < -0.39 is 0 Å². The fourth-order valence-electron chi connectivity index (χ4n) is 6.02. The van der Waals surface area contributed by atoms with Crippen LogP contribution in [0, 0.1) is 0 Å². The average molecular weight is 703 g/mol. The molecule has 4 nitrogen and oxygen atoms in total. The maximum atomic E-state index is 11.9. The first-order valence-corrected chi connectivity index (χ1v) is 20.0. The average Bonchev–Trinajstić information content (AvgIpc) is 3.03. The van der Waals surface area contributed by atoms with E-state index >= 15 is 0 Å². The van der Waals surface area contributed by atoms with Crippen molar-refractivity contribution in [3.63, 3.8) is 0 Å². The molecule has 0 saturated carbocycles. The summed E-state index contributed by atoms with van der Waals surface area (Å²) in [5, 5.41) is 0. The zero-order chi connectivity index (χ0) is 32.0. The molecule has 0 aromatic heterocycles. The molecular weight excluding hydrogens is 623 g/mol. The number of carbonyl (C=O) groups is 2. The molecule has 0 atom stereocenters. The number of hydrogen-bond acceptors (Lipinski definition) is 4. The first-order chi connectivity index (χ1) is 21.7. The second kappa shape index (κ2) is 47.2. The van der Waals surface area contributed by atoms with E-state index in [0.717, 1.165) is 25.7 Å². The normalized spacial score (nSPS) is 10.7. The van der Waals surface area contributed by atoms with Crippen molar-refractivity contribution in [1.29, 1.82) is 0 Å². The summed E-state index contributed by atoms with van der Waals surface area (Å²) in [4.78, 5) is 23.8. The second-order valence-electron chi connectivity index (χ2n) is 13.5. The van der Waals surface area contributed by atoms with Crippen molar-refractivity contribution in [3.8, 4) is 0 Å². The van der Waals surface area contributed by atoms with Crippen molar-refractivity contribution in [3.05, 3.63) is 0 Å². The van der Waals surface area contributed by atoms with Gasteiger partial charge in [0.1, 0.15) is 0 Å². The van der Waals surface area contributed by atoms with Crippen LogP contribution in [0.5, 0.6) is 0 Å². The van der Waals surface area contributed by atoms with E-state index in [-0.39, 0.29) is 130 Å². The minimum Gasteiger partial charge on any atom is -1.00 e. The summed E-state index contributed by atoms with van der Waals surface area (Å²) < 4.78 is 10.6. The maximum absolute atomic E-state index is 11.9. The van der Waals surface area contributed by atoms with E-state index in [0.29, 0.717) is 13.2 Å². The van der Waals surface area contributed by atoms with Gasteiger partial charge in [0.15, 0.2) is 0 Å². The van der Waals surface area contributed by atoms with Gasteiger partial charge in [-0.3, -0.25) is 9.59 Å². The van der Waals surface area contributed by atoms with Crippen molar-refractivity contribution >= 4 is 11.9 Å². The van der Waals surface area contributed by atoms with Crippen molar-refractivity contribution in [2.75, 3.05) is 13.2 Å². The Kier molecular flexibility index (Phi) is 54.0. The van der Waals surface area contributed by atoms with E-state index in [4.69, 9.17) is 9.47 Å². The van der Waals surface area contributed by atoms with Gasteiger partial charge in [0.2, 0.25) is 0 Å². The largest absolute Gasteiger partial charge is 1.00 e. The number of unbranched alkanes of at least 4 members (excludes halogenated alkanes) is 30. The predicted octanol–water partition coefficient (Wildman–Crippen LogP) is 7.61. The molecule has 0 aromatic rings. The zero-order valence-corrected chi connectivity index (χ0v) is 38.3. The van der Waals surface area contributed by atoms with Crippen molar-refractivity contribution in [2.45, 2.75) is 232 Å². The topological polar surface area (TPSA) is 52.6 Å². The summed E-state index contributed by atoms with van der Waals surface area (Å²) >= 11 is 0. The zero-order valence-electron chi connectivity index (χ0n) is 34.1. The van der Waals surface area contributed by atoms with Crippen molar-refractivity contribution < 1.29 is 125 Å².